The number of halogens is 3. The van der Waals surface area contributed by atoms with Crippen molar-refractivity contribution in [1.29, 1.82) is 0 Å². The number of nitrogens with two attached hydrogens (primary N) is 1. The normalized spacial score (nSPS) is 13.0. The average Bonchev–Trinajstić information content (AvgIpc) is 2.87. The molecular formula is C13H13F3N4O. The Balaban J connectivity index is 2.11. The van der Waals surface area contributed by atoms with Gasteiger partial charge in [-0.25, -0.2) is 0 Å². The molecule has 5 nitrogen and oxygen atoms in total. The number of hydrogen-bond donors (Lipinski definition) is 2. The van der Waals surface area contributed by atoms with Gasteiger partial charge in [-0.2, -0.15) is 18.3 Å². The Bertz CT molecular complexity index is 651. The molecule has 0 saturated heterocycles. The van der Waals surface area contributed by atoms with E-state index in [1.54, 1.807) is 24.3 Å². The minimum Gasteiger partial charge on any atom is -0.399 e. The number of aromatic nitrogens is 2. The van der Waals surface area contributed by atoms with Gasteiger partial charge >= 0.3 is 6.18 Å². The summed E-state index contributed by atoms with van der Waals surface area (Å²) in [5, 5.41) is 6.14. The molecule has 0 bridgehead atoms. The van der Waals surface area contributed by atoms with Gasteiger partial charge in [0.2, 0.25) is 5.91 Å². The highest BCUT2D eigenvalue weighted by Gasteiger charge is 2.33. The summed E-state index contributed by atoms with van der Waals surface area (Å²) in [6, 6.07) is 5.61. The fourth-order valence-corrected chi connectivity index (χ4v) is 1.68. The monoisotopic (exact) mass is 298 g/mol. The SMILES string of the molecule is CC(C(=O)Nc1cccc(N)c1)n1cc(C(F)(F)F)cn1. The second kappa shape index (κ2) is 5.47. The molecule has 1 heterocycles. The molecule has 112 valence electrons. The van der Waals surface area contributed by atoms with Gasteiger partial charge in [-0.3, -0.25) is 9.48 Å². The molecule has 8 heteroatoms. The lowest BCUT2D eigenvalue weighted by Crippen LogP contribution is -2.24. The lowest BCUT2D eigenvalue weighted by atomic mass is 10.2. The van der Waals surface area contributed by atoms with Crippen LogP contribution in [0.1, 0.15) is 18.5 Å². The van der Waals surface area contributed by atoms with Gasteiger partial charge < -0.3 is 11.1 Å². The van der Waals surface area contributed by atoms with E-state index >= 15 is 0 Å². The number of carbonyl (C=O) groups is 1. The maximum absolute atomic E-state index is 12.5. The van der Waals surface area contributed by atoms with Crippen molar-refractivity contribution in [3.05, 3.63) is 42.2 Å². The maximum Gasteiger partial charge on any atom is 0.419 e. The Hall–Kier alpha value is -2.51. The first-order valence-corrected chi connectivity index (χ1v) is 6.05. The van der Waals surface area contributed by atoms with Crippen LogP contribution in [-0.4, -0.2) is 15.7 Å². The zero-order chi connectivity index (χ0) is 15.6. The molecule has 1 aromatic carbocycles. The molecule has 0 aliphatic rings. The third-order valence-electron chi connectivity index (χ3n) is 2.86. The van der Waals surface area contributed by atoms with E-state index in [1.807, 2.05) is 0 Å². The number of carbonyl (C=O) groups excluding carboxylic acids is 1. The summed E-state index contributed by atoms with van der Waals surface area (Å²) in [7, 11) is 0. The Morgan fingerprint density at radius 3 is 2.71 bits per heavy atom. The maximum atomic E-state index is 12.5. The number of anilines is 2. The first kappa shape index (κ1) is 14.9. The zero-order valence-electron chi connectivity index (χ0n) is 11.1. The smallest absolute Gasteiger partial charge is 0.399 e. The van der Waals surface area contributed by atoms with Crippen LogP contribution in [0, 0.1) is 0 Å². The van der Waals surface area contributed by atoms with Crippen molar-refractivity contribution in [2.45, 2.75) is 19.1 Å². The number of alkyl halides is 3. The molecular weight excluding hydrogens is 285 g/mol. The Morgan fingerprint density at radius 1 is 1.43 bits per heavy atom. The van der Waals surface area contributed by atoms with E-state index in [-0.39, 0.29) is 0 Å². The number of benzene rings is 1. The molecule has 0 saturated carbocycles. The van der Waals surface area contributed by atoms with Crippen LogP contribution >= 0.6 is 0 Å². The van der Waals surface area contributed by atoms with Crippen molar-refractivity contribution in [2.24, 2.45) is 0 Å². The van der Waals surface area contributed by atoms with E-state index in [4.69, 9.17) is 5.73 Å². The van der Waals surface area contributed by atoms with E-state index < -0.39 is 23.7 Å². The van der Waals surface area contributed by atoms with Gasteiger partial charge in [0.1, 0.15) is 6.04 Å². The van der Waals surface area contributed by atoms with E-state index in [0.717, 1.165) is 10.9 Å². The minimum atomic E-state index is -4.48. The molecule has 3 N–H and O–H groups in total. The quantitative estimate of drug-likeness (QED) is 0.856. The van der Waals surface area contributed by atoms with Crippen molar-refractivity contribution < 1.29 is 18.0 Å². The van der Waals surface area contributed by atoms with Crippen molar-refractivity contribution in [1.82, 2.24) is 9.78 Å². The fraction of sp³-hybridized carbons (Fsp3) is 0.231. The lowest BCUT2D eigenvalue weighted by molar-refractivity contribution is -0.137. The van der Waals surface area contributed by atoms with Gasteiger partial charge in [0.15, 0.2) is 0 Å². The summed E-state index contributed by atoms with van der Waals surface area (Å²) in [6.45, 7) is 1.45. The molecule has 1 aromatic heterocycles. The zero-order valence-corrected chi connectivity index (χ0v) is 11.1. The third kappa shape index (κ3) is 3.53. The van der Waals surface area contributed by atoms with Crippen molar-refractivity contribution in [2.75, 3.05) is 11.1 Å². The topological polar surface area (TPSA) is 72.9 Å². The molecule has 0 aliphatic carbocycles. The highest BCUT2D eigenvalue weighted by atomic mass is 19.4. The van der Waals surface area contributed by atoms with Gasteiger partial charge in [0, 0.05) is 17.6 Å². The predicted molar refractivity (Wildman–Crippen MR) is 71.4 cm³/mol. The number of nitrogens with one attached hydrogen (secondary N) is 1. The number of nitrogens with zero attached hydrogens (tertiary/aromatic N) is 2. The Kier molecular flexibility index (Phi) is 3.88. The minimum absolute atomic E-state index is 0.468. The summed E-state index contributed by atoms with van der Waals surface area (Å²) >= 11 is 0. The second-order valence-corrected chi connectivity index (χ2v) is 4.50. The van der Waals surface area contributed by atoms with Crippen molar-refractivity contribution in [3.8, 4) is 0 Å². The van der Waals surface area contributed by atoms with Crippen LogP contribution in [0.15, 0.2) is 36.7 Å². The van der Waals surface area contributed by atoms with Crippen LogP contribution in [0.3, 0.4) is 0 Å². The standard InChI is InChI=1S/C13H13F3N4O/c1-8(20-7-9(6-18-20)13(14,15)16)12(21)19-11-4-2-3-10(17)5-11/h2-8H,17H2,1H3,(H,19,21). The molecule has 21 heavy (non-hydrogen) atoms. The lowest BCUT2D eigenvalue weighted by Gasteiger charge is -2.13. The molecule has 1 unspecified atom stereocenters. The van der Waals surface area contributed by atoms with Crippen LogP contribution in [-0.2, 0) is 11.0 Å². The second-order valence-electron chi connectivity index (χ2n) is 4.50. The van der Waals surface area contributed by atoms with Crippen LogP contribution in [0.5, 0.6) is 0 Å². The van der Waals surface area contributed by atoms with Crippen LogP contribution < -0.4 is 11.1 Å². The van der Waals surface area contributed by atoms with Crippen LogP contribution in [0.4, 0.5) is 24.5 Å². The number of nitrogen functional groups attached to an aromatic ring is 1. The summed E-state index contributed by atoms with van der Waals surface area (Å²) in [6.07, 6.45) is -3.00. The number of rotatable bonds is 3. The summed E-state index contributed by atoms with van der Waals surface area (Å²) < 4.78 is 38.4. The molecule has 0 aliphatic heterocycles. The van der Waals surface area contributed by atoms with E-state index in [9.17, 15) is 18.0 Å². The highest BCUT2D eigenvalue weighted by molar-refractivity contribution is 5.93. The molecule has 2 rings (SSSR count). The summed E-state index contributed by atoms with van der Waals surface area (Å²) in [5.74, 6) is -0.488. The molecule has 0 spiro atoms. The Labute approximate surface area is 118 Å². The van der Waals surface area contributed by atoms with Gasteiger partial charge in [-0.1, -0.05) is 6.07 Å². The molecule has 1 atom stereocenters. The summed E-state index contributed by atoms with van der Waals surface area (Å²) in [4.78, 5) is 12.0. The molecule has 0 radical (unpaired) electrons. The van der Waals surface area contributed by atoms with E-state index in [2.05, 4.69) is 10.4 Å². The largest absolute Gasteiger partial charge is 0.419 e. The van der Waals surface area contributed by atoms with Gasteiger partial charge in [0.25, 0.3) is 0 Å². The highest BCUT2D eigenvalue weighted by Crippen LogP contribution is 2.29. The third-order valence-corrected chi connectivity index (χ3v) is 2.86. The number of amides is 1. The van der Waals surface area contributed by atoms with Gasteiger partial charge in [0.05, 0.1) is 11.8 Å². The average molecular weight is 298 g/mol. The van der Waals surface area contributed by atoms with Crippen LogP contribution in [0.2, 0.25) is 0 Å². The fourth-order valence-electron chi connectivity index (χ4n) is 1.68. The predicted octanol–water partition coefficient (Wildman–Crippen LogP) is 2.68. The van der Waals surface area contributed by atoms with Gasteiger partial charge in [-0.05, 0) is 25.1 Å². The molecule has 0 fully saturated rings. The summed E-state index contributed by atoms with van der Waals surface area (Å²) in [5.41, 5.74) is 5.62. The van der Waals surface area contributed by atoms with E-state index in [0.29, 0.717) is 17.6 Å². The van der Waals surface area contributed by atoms with Crippen LogP contribution in [0.25, 0.3) is 0 Å². The van der Waals surface area contributed by atoms with Gasteiger partial charge in [-0.15, -0.1) is 0 Å². The van der Waals surface area contributed by atoms with Crippen molar-refractivity contribution >= 4 is 17.3 Å². The molecule has 1 amide bonds. The Morgan fingerprint density at radius 2 is 2.14 bits per heavy atom. The van der Waals surface area contributed by atoms with E-state index in [1.165, 1.54) is 6.92 Å². The number of hydrogen-bond acceptors (Lipinski definition) is 3. The first-order valence-electron chi connectivity index (χ1n) is 6.05. The van der Waals surface area contributed by atoms with Crippen molar-refractivity contribution in [3.63, 3.8) is 0 Å². The molecule has 2 aromatic rings. The first-order chi connectivity index (χ1) is 9.77.